The van der Waals surface area contributed by atoms with Gasteiger partial charge in [0.25, 0.3) is 0 Å². The Labute approximate surface area is 108 Å². The fourth-order valence-electron chi connectivity index (χ4n) is 2.10. The average molecular weight is 248 g/mol. The van der Waals surface area contributed by atoms with Gasteiger partial charge in [0.05, 0.1) is 6.54 Å². The van der Waals surface area contributed by atoms with E-state index in [0.29, 0.717) is 6.54 Å². The first-order valence-electron chi connectivity index (χ1n) is 6.31. The first-order chi connectivity index (χ1) is 8.75. The van der Waals surface area contributed by atoms with Gasteiger partial charge >= 0.3 is 0 Å². The van der Waals surface area contributed by atoms with Gasteiger partial charge in [-0.15, -0.1) is 0 Å². The first-order valence-corrected chi connectivity index (χ1v) is 6.31. The molecule has 1 aromatic rings. The van der Waals surface area contributed by atoms with Crippen molar-refractivity contribution in [1.82, 2.24) is 20.1 Å². The van der Waals surface area contributed by atoms with Crippen LogP contribution < -0.4 is 5.32 Å². The summed E-state index contributed by atoms with van der Waals surface area (Å²) < 4.78 is 0. The number of amides is 1. The first kappa shape index (κ1) is 13.0. The molecule has 18 heavy (non-hydrogen) atoms. The summed E-state index contributed by atoms with van der Waals surface area (Å²) in [5.41, 5.74) is 1.18. The standard InChI is InChI=1S/C13H20N4O/c1-16(10-12-2-4-14-5-3-12)11-13(18)17-8-6-15-7-9-17/h2-5,15H,6-11H2,1H3. The van der Waals surface area contributed by atoms with Crippen LogP contribution in [0.5, 0.6) is 0 Å². The van der Waals surface area contributed by atoms with Gasteiger partial charge in [0.15, 0.2) is 0 Å². The van der Waals surface area contributed by atoms with Crippen molar-refractivity contribution in [3.63, 3.8) is 0 Å². The third-order valence-corrected chi connectivity index (χ3v) is 3.08. The van der Waals surface area contributed by atoms with Gasteiger partial charge in [-0.05, 0) is 24.7 Å². The van der Waals surface area contributed by atoms with Crippen molar-refractivity contribution < 1.29 is 4.79 Å². The lowest BCUT2D eigenvalue weighted by molar-refractivity contribution is -0.132. The number of piperazine rings is 1. The third kappa shape index (κ3) is 3.78. The number of aromatic nitrogens is 1. The van der Waals surface area contributed by atoms with Crippen molar-refractivity contribution in [3.8, 4) is 0 Å². The highest BCUT2D eigenvalue weighted by molar-refractivity contribution is 5.78. The van der Waals surface area contributed by atoms with E-state index in [1.54, 1.807) is 12.4 Å². The number of nitrogens with zero attached hydrogens (tertiary/aromatic N) is 3. The van der Waals surface area contributed by atoms with Gasteiger partial charge in [0, 0.05) is 45.1 Å². The highest BCUT2D eigenvalue weighted by Crippen LogP contribution is 2.02. The predicted octanol–water partition coefficient (Wildman–Crippen LogP) is -0.0548. The molecule has 1 aliphatic heterocycles. The van der Waals surface area contributed by atoms with E-state index in [1.165, 1.54) is 5.56 Å². The van der Waals surface area contributed by atoms with Crippen molar-refractivity contribution in [2.75, 3.05) is 39.8 Å². The lowest BCUT2D eigenvalue weighted by Gasteiger charge is -2.29. The molecule has 0 radical (unpaired) electrons. The Balaban J connectivity index is 1.79. The van der Waals surface area contributed by atoms with Crippen molar-refractivity contribution >= 4 is 5.91 Å². The van der Waals surface area contributed by atoms with Crippen LogP contribution in [0.15, 0.2) is 24.5 Å². The normalized spacial score (nSPS) is 16.0. The second-order valence-electron chi connectivity index (χ2n) is 4.66. The Morgan fingerprint density at radius 3 is 2.72 bits per heavy atom. The quantitative estimate of drug-likeness (QED) is 0.811. The van der Waals surface area contributed by atoms with Crippen LogP contribution in [-0.4, -0.2) is 60.5 Å². The SMILES string of the molecule is CN(CC(=O)N1CCNCC1)Cc1ccncc1. The molecule has 1 amide bonds. The van der Waals surface area contributed by atoms with Gasteiger partial charge in [-0.25, -0.2) is 0 Å². The lowest BCUT2D eigenvalue weighted by Crippen LogP contribution is -2.49. The molecular formula is C13H20N4O. The van der Waals surface area contributed by atoms with Crippen molar-refractivity contribution in [2.45, 2.75) is 6.54 Å². The molecule has 2 rings (SSSR count). The molecule has 0 aromatic carbocycles. The number of carbonyl (C=O) groups is 1. The summed E-state index contributed by atoms with van der Waals surface area (Å²) in [6, 6.07) is 3.96. The van der Waals surface area contributed by atoms with Crippen LogP contribution in [-0.2, 0) is 11.3 Å². The summed E-state index contributed by atoms with van der Waals surface area (Å²) in [5.74, 6) is 0.216. The molecule has 1 aromatic heterocycles. The fourth-order valence-corrected chi connectivity index (χ4v) is 2.10. The Morgan fingerprint density at radius 1 is 1.39 bits per heavy atom. The molecule has 1 saturated heterocycles. The van der Waals surface area contributed by atoms with E-state index in [9.17, 15) is 4.79 Å². The molecule has 0 saturated carbocycles. The number of rotatable bonds is 4. The minimum Gasteiger partial charge on any atom is -0.339 e. The van der Waals surface area contributed by atoms with Gasteiger partial charge in [-0.3, -0.25) is 14.7 Å². The summed E-state index contributed by atoms with van der Waals surface area (Å²) in [5, 5.41) is 3.25. The minimum atomic E-state index is 0.216. The Hall–Kier alpha value is -1.46. The molecule has 1 aliphatic rings. The Bertz CT molecular complexity index is 376. The monoisotopic (exact) mass is 248 g/mol. The van der Waals surface area contributed by atoms with E-state index >= 15 is 0 Å². The van der Waals surface area contributed by atoms with E-state index in [4.69, 9.17) is 0 Å². The molecule has 1 N–H and O–H groups in total. The summed E-state index contributed by atoms with van der Waals surface area (Å²) in [7, 11) is 1.97. The van der Waals surface area contributed by atoms with Gasteiger partial charge in [0.2, 0.25) is 5.91 Å². The van der Waals surface area contributed by atoms with Crippen molar-refractivity contribution in [1.29, 1.82) is 0 Å². The van der Waals surface area contributed by atoms with Gasteiger partial charge < -0.3 is 10.2 Å². The maximum absolute atomic E-state index is 12.0. The zero-order valence-corrected chi connectivity index (χ0v) is 10.8. The molecule has 0 atom stereocenters. The van der Waals surface area contributed by atoms with Crippen molar-refractivity contribution in [2.24, 2.45) is 0 Å². The molecule has 0 unspecified atom stereocenters. The van der Waals surface area contributed by atoms with E-state index in [2.05, 4.69) is 10.3 Å². The van der Waals surface area contributed by atoms with Crippen molar-refractivity contribution in [3.05, 3.63) is 30.1 Å². The van der Waals surface area contributed by atoms with E-state index in [1.807, 2.05) is 29.0 Å². The second kappa shape index (κ2) is 6.47. The smallest absolute Gasteiger partial charge is 0.236 e. The minimum absolute atomic E-state index is 0.216. The molecule has 0 aliphatic carbocycles. The highest BCUT2D eigenvalue weighted by atomic mass is 16.2. The van der Waals surface area contributed by atoms with Crippen LogP contribution in [0, 0.1) is 0 Å². The van der Waals surface area contributed by atoms with Gasteiger partial charge in [-0.2, -0.15) is 0 Å². The average Bonchev–Trinajstić information content (AvgIpc) is 2.40. The molecule has 0 spiro atoms. The Kier molecular flexibility index (Phi) is 4.66. The van der Waals surface area contributed by atoms with E-state index in [0.717, 1.165) is 32.7 Å². The maximum atomic E-state index is 12.0. The molecule has 98 valence electrons. The van der Waals surface area contributed by atoms with Crippen LogP contribution >= 0.6 is 0 Å². The van der Waals surface area contributed by atoms with Crippen LogP contribution in [0.1, 0.15) is 5.56 Å². The largest absolute Gasteiger partial charge is 0.339 e. The summed E-state index contributed by atoms with van der Waals surface area (Å²) in [4.78, 5) is 20.0. The predicted molar refractivity (Wildman–Crippen MR) is 70.0 cm³/mol. The molecule has 1 fully saturated rings. The molecule has 0 bridgehead atoms. The number of carbonyl (C=O) groups excluding carboxylic acids is 1. The summed E-state index contributed by atoms with van der Waals surface area (Å²) in [6.45, 7) is 4.70. The molecule has 2 heterocycles. The maximum Gasteiger partial charge on any atom is 0.236 e. The summed E-state index contributed by atoms with van der Waals surface area (Å²) >= 11 is 0. The third-order valence-electron chi connectivity index (χ3n) is 3.08. The highest BCUT2D eigenvalue weighted by Gasteiger charge is 2.17. The number of likely N-dealkylation sites (N-methyl/N-ethyl adjacent to an activating group) is 1. The fraction of sp³-hybridized carbons (Fsp3) is 0.538. The van der Waals surface area contributed by atoms with E-state index in [-0.39, 0.29) is 5.91 Å². The van der Waals surface area contributed by atoms with Crippen LogP contribution in [0.3, 0.4) is 0 Å². The van der Waals surface area contributed by atoms with Crippen LogP contribution in [0.25, 0.3) is 0 Å². The zero-order chi connectivity index (χ0) is 12.8. The topological polar surface area (TPSA) is 48.5 Å². The Morgan fingerprint density at radius 2 is 2.06 bits per heavy atom. The number of pyridine rings is 1. The molecule has 5 heteroatoms. The van der Waals surface area contributed by atoms with E-state index < -0.39 is 0 Å². The second-order valence-corrected chi connectivity index (χ2v) is 4.66. The number of hydrogen-bond donors (Lipinski definition) is 1. The van der Waals surface area contributed by atoms with Gasteiger partial charge in [0.1, 0.15) is 0 Å². The van der Waals surface area contributed by atoms with Crippen LogP contribution in [0.2, 0.25) is 0 Å². The summed E-state index contributed by atoms with van der Waals surface area (Å²) in [6.07, 6.45) is 3.56. The lowest BCUT2D eigenvalue weighted by atomic mass is 10.2. The number of nitrogens with one attached hydrogen (secondary N) is 1. The molecular weight excluding hydrogens is 228 g/mol. The number of hydrogen-bond acceptors (Lipinski definition) is 4. The van der Waals surface area contributed by atoms with Gasteiger partial charge in [-0.1, -0.05) is 0 Å². The molecule has 5 nitrogen and oxygen atoms in total. The zero-order valence-electron chi connectivity index (χ0n) is 10.8. The van der Waals surface area contributed by atoms with Crippen LogP contribution in [0.4, 0.5) is 0 Å².